The van der Waals surface area contributed by atoms with Gasteiger partial charge in [-0.2, -0.15) is 0 Å². The molecule has 1 aliphatic rings. The number of carbonyl (C=O) groups excluding carboxylic acids is 1. The zero-order valence-electron chi connectivity index (χ0n) is 10.7. The van der Waals surface area contributed by atoms with Gasteiger partial charge in [-0.1, -0.05) is 0 Å². The summed E-state index contributed by atoms with van der Waals surface area (Å²) in [6.07, 6.45) is 0. The molecule has 2 rings (SSSR count). The van der Waals surface area contributed by atoms with Crippen molar-refractivity contribution in [3.63, 3.8) is 0 Å². The quantitative estimate of drug-likeness (QED) is 0.708. The highest BCUT2D eigenvalue weighted by molar-refractivity contribution is 7.99. The fraction of sp³-hybridized carbons (Fsp3) is 0.500. The fourth-order valence-electron chi connectivity index (χ4n) is 1.56. The van der Waals surface area contributed by atoms with Gasteiger partial charge < -0.3 is 5.32 Å². The van der Waals surface area contributed by atoms with Gasteiger partial charge in [0.1, 0.15) is 4.21 Å². The van der Waals surface area contributed by atoms with E-state index in [-0.39, 0.29) is 28.6 Å². The molecule has 0 saturated carbocycles. The lowest BCUT2D eigenvalue weighted by Gasteiger charge is -2.09. The summed E-state index contributed by atoms with van der Waals surface area (Å²) in [5, 5.41) is 5.88. The predicted molar refractivity (Wildman–Crippen MR) is 83.9 cm³/mol. The van der Waals surface area contributed by atoms with Crippen molar-refractivity contribution < 1.29 is 13.2 Å². The molecule has 0 radical (unpaired) electrons. The molecule has 1 fully saturated rings. The van der Waals surface area contributed by atoms with Crippen molar-refractivity contribution in [3.05, 3.63) is 17.0 Å². The molecule has 0 bridgehead atoms. The molecule has 1 saturated heterocycles. The van der Waals surface area contributed by atoms with Gasteiger partial charge in [0.15, 0.2) is 0 Å². The number of hydrogen-bond acceptors (Lipinski definition) is 6. The van der Waals surface area contributed by atoms with E-state index in [2.05, 4.69) is 15.4 Å². The van der Waals surface area contributed by atoms with E-state index in [4.69, 9.17) is 0 Å². The van der Waals surface area contributed by atoms with Gasteiger partial charge in [-0.25, -0.2) is 13.1 Å². The van der Waals surface area contributed by atoms with Crippen LogP contribution in [-0.2, 0) is 21.4 Å². The smallest absolute Gasteiger partial charge is 0.249 e. The van der Waals surface area contributed by atoms with Gasteiger partial charge in [0.05, 0.1) is 12.6 Å². The third kappa shape index (κ3) is 4.34. The lowest BCUT2D eigenvalue weighted by Crippen LogP contribution is -2.41. The van der Waals surface area contributed by atoms with Crippen LogP contribution in [0.5, 0.6) is 0 Å². The minimum atomic E-state index is -3.39. The van der Waals surface area contributed by atoms with Gasteiger partial charge in [0, 0.05) is 16.5 Å². The van der Waals surface area contributed by atoms with Crippen LogP contribution in [-0.4, -0.2) is 39.0 Å². The number of sulfonamides is 1. The zero-order chi connectivity index (χ0) is 13.9. The summed E-state index contributed by atoms with van der Waals surface area (Å²) in [5.74, 6) is 1.52. The molecule has 1 unspecified atom stereocenters. The van der Waals surface area contributed by atoms with Crippen LogP contribution in [0.2, 0.25) is 0 Å². The maximum atomic E-state index is 11.8. The molecule has 2 heterocycles. The first-order valence-corrected chi connectivity index (χ1v) is 9.09. The Kier molecular flexibility index (Phi) is 6.76. The van der Waals surface area contributed by atoms with Crippen LogP contribution in [0.3, 0.4) is 0 Å². The SMILES string of the molecule is CNS(=O)(=O)c1ccc(CNC(=O)C2CSCN2)s1.Cl. The Bertz CT molecular complexity index is 555. The van der Waals surface area contributed by atoms with Crippen molar-refractivity contribution in [2.45, 2.75) is 16.8 Å². The summed E-state index contributed by atoms with van der Waals surface area (Å²) in [4.78, 5) is 12.6. The van der Waals surface area contributed by atoms with Crippen LogP contribution in [0, 0.1) is 0 Å². The molecule has 10 heteroatoms. The molecule has 114 valence electrons. The zero-order valence-corrected chi connectivity index (χ0v) is 14.0. The van der Waals surface area contributed by atoms with Crippen molar-refractivity contribution in [3.8, 4) is 0 Å². The number of thioether (sulfide) groups is 1. The minimum absolute atomic E-state index is 0. The van der Waals surface area contributed by atoms with Crippen LogP contribution < -0.4 is 15.4 Å². The molecule has 1 aromatic rings. The van der Waals surface area contributed by atoms with Gasteiger partial charge in [0.25, 0.3) is 0 Å². The molecule has 6 nitrogen and oxygen atoms in total. The number of thiophene rings is 1. The number of rotatable bonds is 5. The average Bonchev–Trinajstić information content (AvgIpc) is 3.07. The summed E-state index contributed by atoms with van der Waals surface area (Å²) in [6, 6.07) is 3.11. The summed E-state index contributed by atoms with van der Waals surface area (Å²) in [6.45, 7) is 0.353. The highest BCUT2D eigenvalue weighted by Crippen LogP contribution is 2.21. The molecule has 1 atom stereocenters. The largest absolute Gasteiger partial charge is 0.350 e. The Hall–Kier alpha value is -0.320. The van der Waals surface area contributed by atoms with Gasteiger partial charge in [-0.05, 0) is 19.2 Å². The van der Waals surface area contributed by atoms with Crippen molar-refractivity contribution in [1.82, 2.24) is 15.4 Å². The van der Waals surface area contributed by atoms with E-state index >= 15 is 0 Å². The highest BCUT2D eigenvalue weighted by Gasteiger charge is 2.22. The molecular weight excluding hydrogens is 342 g/mol. The Balaban J connectivity index is 0.00000200. The third-order valence-electron chi connectivity index (χ3n) is 2.64. The van der Waals surface area contributed by atoms with E-state index in [1.807, 2.05) is 0 Å². The predicted octanol–water partition coefficient (Wildman–Crippen LogP) is 0.357. The molecule has 0 aliphatic carbocycles. The number of nitrogens with one attached hydrogen (secondary N) is 3. The van der Waals surface area contributed by atoms with Crippen molar-refractivity contribution >= 4 is 51.4 Å². The first-order chi connectivity index (χ1) is 9.03. The third-order valence-corrected chi connectivity index (χ3v) is 6.57. The van der Waals surface area contributed by atoms with E-state index in [9.17, 15) is 13.2 Å². The number of hydrogen-bond donors (Lipinski definition) is 3. The molecule has 1 aliphatic heterocycles. The molecular formula is C10H16ClN3O3S3. The second kappa shape index (κ2) is 7.62. The van der Waals surface area contributed by atoms with E-state index in [1.165, 1.54) is 7.05 Å². The second-order valence-corrected chi connectivity index (χ2v) is 8.23. The first-order valence-electron chi connectivity index (χ1n) is 5.64. The van der Waals surface area contributed by atoms with Crippen molar-refractivity contribution in [1.29, 1.82) is 0 Å². The van der Waals surface area contributed by atoms with Crippen LogP contribution in [0.1, 0.15) is 4.88 Å². The monoisotopic (exact) mass is 357 g/mol. The van der Waals surface area contributed by atoms with Crippen LogP contribution in [0.15, 0.2) is 16.3 Å². The summed E-state index contributed by atoms with van der Waals surface area (Å²) >= 11 is 2.84. The average molecular weight is 358 g/mol. The van der Waals surface area contributed by atoms with E-state index in [1.54, 1.807) is 23.9 Å². The van der Waals surface area contributed by atoms with Crippen LogP contribution in [0.25, 0.3) is 0 Å². The van der Waals surface area contributed by atoms with E-state index in [0.29, 0.717) is 6.54 Å². The molecule has 1 amide bonds. The summed E-state index contributed by atoms with van der Waals surface area (Å²) < 4.78 is 25.6. The summed E-state index contributed by atoms with van der Waals surface area (Å²) in [7, 11) is -2.02. The van der Waals surface area contributed by atoms with E-state index in [0.717, 1.165) is 27.8 Å². The van der Waals surface area contributed by atoms with Gasteiger partial charge in [0.2, 0.25) is 15.9 Å². The van der Waals surface area contributed by atoms with Gasteiger partial charge in [-0.3, -0.25) is 10.1 Å². The molecule has 0 spiro atoms. The Morgan fingerprint density at radius 3 is 2.85 bits per heavy atom. The maximum Gasteiger partial charge on any atom is 0.249 e. The standard InChI is InChI=1S/C10H15N3O3S3.ClH/c1-11-19(15,16)9-3-2-7(18-9)4-12-10(14)8-5-17-6-13-8;/h2-3,8,11,13H,4-6H2,1H3,(H,12,14);1H. The van der Waals surface area contributed by atoms with Crippen molar-refractivity contribution in [2.75, 3.05) is 18.7 Å². The maximum absolute atomic E-state index is 11.8. The van der Waals surface area contributed by atoms with Gasteiger partial charge >= 0.3 is 0 Å². The molecule has 1 aromatic heterocycles. The lowest BCUT2D eigenvalue weighted by atomic mass is 10.3. The molecule has 3 N–H and O–H groups in total. The lowest BCUT2D eigenvalue weighted by molar-refractivity contribution is -0.122. The fourth-order valence-corrected chi connectivity index (χ4v) is 4.63. The first kappa shape index (κ1) is 17.7. The number of halogens is 1. The van der Waals surface area contributed by atoms with Crippen LogP contribution in [0.4, 0.5) is 0 Å². The molecule has 20 heavy (non-hydrogen) atoms. The second-order valence-electron chi connectivity index (χ2n) is 3.92. The van der Waals surface area contributed by atoms with Crippen LogP contribution >= 0.6 is 35.5 Å². The summed E-state index contributed by atoms with van der Waals surface area (Å²) in [5.41, 5.74) is 0. The number of amides is 1. The topological polar surface area (TPSA) is 87.3 Å². The van der Waals surface area contributed by atoms with Crippen molar-refractivity contribution in [2.24, 2.45) is 0 Å². The normalized spacial score (nSPS) is 18.6. The Morgan fingerprint density at radius 2 is 2.25 bits per heavy atom. The minimum Gasteiger partial charge on any atom is -0.350 e. The highest BCUT2D eigenvalue weighted by atomic mass is 35.5. The Labute approximate surface area is 132 Å². The van der Waals surface area contributed by atoms with E-state index < -0.39 is 10.0 Å². The Morgan fingerprint density at radius 1 is 1.50 bits per heavy atom. The molecule has 0 aromatic carbocycles. The van der Waals surface area contributed by atoms with Gasteiger partial charge in [-0.15, -0.1) is 35.5 Å². The number of carbonyl (C=O) groups is 1.